The number of carbonyl (C=O) groups excluding carboxylic acids is 1. The second-order valence-electron chi connectivity index (χ2n) is 6.05. The van der Waals surface area contributed by atoms with Crippen LogP contribution in [0.4, 0.5) is 11.4 Å². The van der Waals surface area contributed by atoms with Gasteiger partial charge in [-0.05, 0) is 61.2 Å². The molecule has 0 aromatic heterocycles. The lowest BCUT2D eigenvalue weighted by atomic mass is 10.1. The molecule has 2 aromatic carbocycles. The fraction of sp³-hybridized carbons (Fsp3) is 0.316. The van der Waals surface area contributed by atoms with E-state index in [4.69, 9.17) is 0 Å². The van der Waals surface area contributed by atoms with E-state index in [1.54, 1.807) is 0 Å². The highest BCUT2D eigenvalue weighted by Crippen LogP contribution is 2.26. The lowest BCUT2D eigenvalue weighted by Crippen LogP contribution is -2.19. The number of halogens is 1. The molecule has 0 bridgehead atoms. The van der Waals surface area contributed by atoms with Gasteiger partial charge in [-0.25, -0.2) is 0 Å². The van der Waals surface area contributed by atoms with Crippen LogP contribution >= 0.6 is 15.9 Å². The van der Waals surface area contributed by atoms with Crippen LogP contribution in [-0.4, -0.2) is 19.0 Å². The summed E-state index contributed by atoms with van der Waals surface area (Å²) in [4.78, 5) is 14.6. The van der Waals surface area contributed by atoms with Crippen molar-refractivity contribution in [3.8, 4) is 0 Å². The van der Waals surface area contributed by atoms with Crippen LogP contribution in [0.1, 0.15) is 24.0 Å². The summed E-state index contributed by atoms with van der Waals surface area (Å²) in [6.07, 6.45) is 2.93. The standard InChI is InChI=1S/C19H21BrN2O/c1-14-12-17(8-9-18(14)22-10-2-3-11-22)21-19(23)13-15-4-6-16(20)7-5-15/h4-9,12H,2-3,10-11,13H2,1H3,(H,21,23). The molecule has 1 saturated heterocycles. The SMILES string of the molecule is Cc1cc(NC(=O)Cc2ccc(Br)cc2)ccc1N1CCCC1. The van der Waals surface area contributed by atoms with E-state index in [2.05, 4.69) is 45.2 Å². The summed E-state index contributed by atoms with van der Waals surface area (Å²) in [6.45, 7) is 4.38. The summed E-state index contributed by atoms with van der Waals surface area (Å²) in [7, 11) is 0. The predicted molar refractivity (Wildman–Crippen MR) is 99.1 cm³/mol. The number of hydrogen-bond donors (Lipinski definition) is 1. The Morgan fingerprint density at radius 1 is 1.13 bits per heavy atom. The summed E-state index contributed by atoms with van der Waals surface area (Å²) in [6, 6.07) is 14.0. The van der Waals surface area contributed by atoms with Gasteiger partial charge >= 0.3 is 0 Å². The molecule has 1 fully saturated rings. The highest BCUT2D eigenvalue weighted by atomic mass is 79.9. The molecule has 0 aliphatic carbocycles. The van der Waals surface area contributed by atoms with Gasteiger partial charge in [0.15, 0.2) is 0 Å². The molecule has 1 aliphatic rings. The van der Waals surface area contributed by atoms with E-state index < -0.39 is 0 Å². The molecular weight excluding hydrogens is 352 g/mol. The smallest absolute Gasteiger partial charge is 0.228 e. The number of carbonyl (C=O) groups is 1. The average molecular weight is 373 g/mol. The van der Waals surface area contributed by atoms with Crippen molar-refractivity contribution < 1.29 is 4.79 Å². The number of benzene rings is 2. The zero-order chi connectivity index (χ0) is 16.2. The van der Waals surface area contributed by atoms with E-state index in [1.807, 2.05) is 30.3 Å². The third-order valence-electron chi connectivity index (χ3n) is 4.21. The lowest BCUT2D eigenvalue weighted by molar-refractivity contribution is -0.115. The van der Waals surface area contributed by atoms with Gasteiger partial charge in [0.05, 0.1) is 6.42 Å². The summed E-state index contributed by atoms with van der Waals surface area (Å²) < 4.78 is 1.02. The molecule has 0 atom stereocenters. The molecule has 120 valence electrons. The van der Waals surface area contributed by atoms with E-state index in [9.17, 15) is 4.79 Å². The molecule has 3 rings (SSSR count). The molecule has 1 amide bonds. The summed E-state index contributed by atoms with van der Waals surface area (Å²) in [5, 5.41) is 2.99. The van der Waals surface area contributed by atoms with Gasteiger partial charge < -0.3 is 10.2 Å². The average Bonchev–Trinajstić information content (AvgIpc) is 3.04. The summed E-state index contributed by atoms with van der Waals surface area (Å²) >= 11 is 3.40. The molecule has 0 radical (unpaired) electrons. The Morgan fingerprint density at radius 2 is 1.83 bits per heavy atom. The number of amides is 1. The third kappa shape index (κ3) is 4.14. The molecular formula is C19H21BrN2O. The first kappa shape index (κ1) is 16.1. The molecule has 23 heavy (non-hydrogen) atoms. The largest absolute Gasteiger partial charge is 0.371 e. The van der Waals surface area contributed by atoms with Crippen molar-refractivity contribution in [1.29, 1.82) is 0 Å². The van der Waals surface area contributed by atoms with Gasteiger partial charge in [0.25, 0.3) is 0 Å². The Hall–Kier alpha value is -1.81. The molecule has 2 aromatic rings. The maximum atomic E-state index is 12.2. The zero-order valence-corrected chi connectivity index (χ0v) is 14.9. The summed E-state index contributed by atoms with van der Waals surface area (Å²) in [5.41, 5.74) is 4.38. The number of hydrogen-bond acceptors (Lipinski definition) is 2. The van der Waals surface area contributed by atoms with Crippen LogP contribution < -0.4 is 10.2 Å². The topological polar surface area (TPSA) is 32.3 Å². The van der Waals surface area contributed by atoms with Gasteiger partial charge in [-0.1, -0.05) is 28.1 Å². The normalized spacial score (nSPS) is 14.1. The van der Waals surface area contributed by atoms with Gasteiger partial charge in [0.2, 0.25) is 5.91 Å². The van der Waals surface area contributed by atoms with E-state index >= 15 is 0 Å². The molecule has 1 heterocycles. The number of aryl methyl sites for hydroxylation is 1. The highest BCUT2D eigenvalue weighted by molar-refractivity contribution is 9.10. The van der Waals surface area contributed by atoms with Crippen LogP contribution in [0.15, 0.2) is 46.9 Å². The molecule has 1 N–H and O–H groups in total. The first-order chi connectivity index (χ1) is 11.1. The number of nitrogens with one attached hydrogen (secondary N) is 1. The lowest BCUT2D eigenvalue weighted by Gasteiger charge is -2.20. The van der Waals surface area contributed by atoms with Crippen LogP contribution in [0.3, 0.4) is 0 Å². The van der Waals surface area contributed by atoms with Crippen molar-refractivity contribution in [2.24, 2.45) is 0 Å². The highest BCUT2D eigenvalue weighted by Gasteiger charge is 2.14. The molecule has 0 unspecified atom stereocenters. The molecule has 0 saturated carbocycles. The minimum Gasteiger partial charge on any atom is -0.371 e. The van der Waals surface area contributed by atoms with Gasteiger partial charge in [-0.3, -0.25) is 4.79 Å². The van der Waals surface area contributed by atoms with Crippen molar-refractivity contribution in [1.82, 2.24) is 0 Å². The van der Waals surface area contributed by atoms with Gasteiger partial charge in [-0.2, -0.15) is 0 Å². The van der Waals surface area contributed by atoms with Crippen molar-refractivity contribution in [3.63, 3.8) is 0 Å². The van der Waals surface area contributed by atoms with Crippen LogP contribution in [0.2, 0.25) is 0 Å². The van der Waals surface area contributed by atoms with E-state index in [1.165, 1.54) is 24.1 Å². The van der Waals surface area contributed by atoms with Crippen molar-refractivity contribution >= 4 is 33.2 Å². The first-order valence-electron chi connectivity index (χ1n) is 8.02. The number of nitrogens with zero attached hydrogens (tertiary/aromatic N) is 1. The second-order valence-corrected chi connectivity index (χ2v) is 6.96. The fourth-order valence-corrected chi connectivity index (χ4v) is 3.30. The van der Waals surface area contributed by atoms with Crippen LogP contribution in [-0.2, 0) is 11.2 Å². The quantitative estimate of drug-likeness (QED) is 0.854. The van der Waals surface area contributed by atoms with Gasteiger partial charge in [0.1, 0.15) is 0 Å². The van der Waals surface area contributed by atoms with Crippen LogP contribution in [0, 0.1) is 6.92 Å². The number of rotatable bonds is 4. The fourth-order valence-electron chi connectivity index (χ4n) is 3.04. The molecule has 1 aliphatic heterocycles. The van der Waals surface area contributed by atoms with Crippen LogP contribution in [0.25, 0.3) is 0 Å². The maximum Gasteiger partial charge on any atom is 0.228 e. The van der Waals surface area contributed by atoms with Gasteiger partial charge in [0, 0.05) is 28.9 Å². The Bertz CT molecular complexity index is 691. The molecule has 3 nitrogen and oxygen atoms in total. The van der Waals surface area contributed by atoms with Crippen molar-refractivity contribution in [2.75, 3.05) is 23.3 Å². The summed E-state index contributed by atoms with van der Waals surface area (Å²) in [5.74, 6) is 0.0145. The second kappa shape index (κ2) is 7.18. The predicted octanol–water partition coefficient (Wildman–Crippen LogP) is 4.54. The molecule has 0 spiro atoms. The third-order valence-corrected chi connectivity index (χ3v) is 4.73. The van der Waals surface area contributed by atoms with Crippen molar-refractivity contribution in [2.45, 2.75) is 26.2 Å². The Morgan fingerprint density at radius 3 is 2.48 bits per heavy atom. The minimum atomic E-state index is 0.0145. The zero-order valence-electron chi connectivity index (χ0n) is 13.3. The maximum absolute atomic E-state index is 12.2. The monoisotopic (exact) mass is 372 g/mol. The van der Waals surface area contributed by atoms with Crippen molar-refractivity contribution in [3.05, 3.63) is 58.1 Å². The van der Waals surface area contributed by atoms with Gasteiger partial charge in [-0.15, -0.1) is 0 Å². The van der Waals surface area contributed by atoms with E-state index in [-0.39, 0.29) is 5.91 Å². The number of anilines is 2. The first-order valence-corrected chi connectivity index (χ1v) is 8.81. The van der Waals surface area contributed by atoms with E-state index in [0.29, 0.717) is 6.42 Å². The van der Waals surface area contributed by atoms with E-state index in [0.717, 1.165) is 28.8 Å². The van der Waals surface area contributed by atoms with Crippen LogP contribution in [0.5, 0.6) is 0 Å². The Labute approximate surface area is 145 Å². The molecule has 4 heteroatoms. The minimum absolute atomic E-state index is 0.0145. The Balaban J connectivity index is 1.64. The Kier molecular flexibility index (Phi) is 5.01.